The average Bonchev–Trinajstić information content (AvgIpc) is 2.99. The summed E-state index contributed by atoms with van der Waals surface area (Å²) >= 11 is 0. The van der Waals surface area contributed by atoms with E-state index in [1.165, 1.54) is 11.8 Å². The Bertz CT molecular complexity index is 925. The number of carbonyl (C=O) groups is 1. The number of aryl methyl sites for hydroxylation is 1. The van der Waals surface area contributed by atoms with Gasteiger partial charge in [0.1, 0.15) is 5.76 Å². The molecule has 0 aliphatic heterocycles. The van der Waals surface area contributed by atoms with Crippen molar-refractivity contribution < 1.29 is 9.32 Å². The number of aromatic nitrogens is 2. The zero-order valence-electron chi connectivity index (χ0n) is 15.3. The lowest BCUT2D eigenvalue weighted by atomic mass is 9.86. The van der Waals surface area contributed by atoms with Gasteiger partial charge in [-0.05, 0) is 30.0 Å². The van der Waals surface area contributed by atoms with Crippen LogP contribution in [-0.4, -0.2) is 16.0 Å². The van der Waals surface area contributed by atoms with Crippen molar-refractivity contribution in [1.82, 2.24) is 10.1 Å². The van der Waals surface area contributed by atoms with Gasteiger partial charge in [-0.2, -0.15) is 0 Å². The minimum Gasteiger partial charge on any atom is -0.360 e. The molecule has 0 spiro atoms. The molecule has 0 bridgehead atoms. The summed E-state index contributed by atoms with van der Waals surface area (Å²) in [5, 5.41) is 9.83. The number of rotatable bonds is 4. The molecule has 6 nitrogen and oxygen atoms in total. The molecule has 2 aromatic heterocycles. The molecule has 134 valence electrons. The quantitative estimate of drug-likeness (QED) is 0.714. The second-order valence-electron chi connectivity index (χ2n) is 7.16. The number of carbonyl (C=O) groups excluding carboxylic acids is 1. The summed E-state index contributed by atoms with van der Waals surface area (Å²) in [5.41, 5.74) is 3.35. The summed E-state index contributed by atoms with van der Waals surface area (Å²) in [6.07, 6.45) is 3.21. The fraction of sp³-hybridized carbons (Fsp3) is 0.250. The van der Waals surface area contributed by atoms with E-state index in [2.05, 4.69) is 47.6 Å². The number of nitrogens with zero attached hydrogens (tertiary/aromatic N) is 2. The first-order chi connectivity index (χ1) is 12.3. The second-order valence-corrected chi connectivity index (χ2v) is 7.16. The van der Waals surface area contributed by atoms with Crippen molar-refractivity contribution in [1.29, 1.82) is 0 Å². The highest BCUT2D eigenvalue weighted by Crippen LogP contribution is 2.31. The molecule has 26 heavy (non-hydrogen) atoms. The highest BCUT2D eigenvalue weighted by molar-refractivity contribution is 6.04. The van der Waals surface area contributed by atoms with Crippen LogP contribution in [0, 0.1) is 6.92 Å². The average molecular weight is 350 g/mol. The number of hydrogen-bond acceptors (Lipinski definition) is 5. The monoisotopic (exact) mass is 350 g/mol. The zero-order chi connectivity index (χ0) is 18.7. The normalized spacial score (nSPS) is 11.2. The maximum Gasteiger partial charge on any atom is 0.258 e. The molecule has 0 radical (unpaired) electrons. The smallest absolute Gasteiger partial charge is 0.258 e. The van der Waals surface area contributed by atoms with Crippen molar-refractivity contribution >= 4 is 23.1 Å². The van der Waals surface area contributed by atoms with Gasteiger partial charge in [0, 0.05) is 18.0 Å². The van der Waals surface area contributed by atoms with Crippen LogP contribution in [0.25, 0.3) is 0 Å². The molecule has 2 N–H and O–H groups in total. The summed E-state index contributed by atoms with van der Waals surface area (Å²) in [6, 6.07) is 11.5. The number of pyridine rings is 1. The number of anilines is 3. The number of amides is 1. The van der Waals surface area contributed by atoms with E-state index < -0.39 is 0 Å². The molecule has 0 unspecified atom stereocenters. The number of benzene rings is 1. The minimum absolute atomic E-state index is 0.00316. The fourth-order valence-electron chi connectivity index (χ4n) is 2.65. The highest BCUT2D eigenvalue weighted by atomic mass is 16.5. The van der Waals surface area contributed by atoms with Crippen LogP contribution in [-0.2, 0) is 5.41 Å². The number of hydrogen-bond donors (Lipinski definition) is 2. The van der Waals surface area contributed by atoms with Crippen molar-refractivity contribution in [3.63, 3.8) is 0 Å². The van der Waals surface area contributed by atoms with Crippen LogP contribution in [0.2, 0.25) is 0 Å². The third kappa shape index (κ3) is 4.08. The molecular weight excluding hydrogens is 328 g/mol. The molecule has 0 saturated heterocycles. The van der Waals surface area contributed by atoms with Crippen molar-refractivity contribution in [2.24, 2.45) is 0 Å². The van der Waals surface area contributed by atoms with Crippen LogP contribution in [0.15, 0.2) is 53.3 Å². The van der Waals surface area contributed by atoms with Gasteiger partial charge in [0.25, 0.3) is 5.91 Å². The zero-order valence-corrected chi connectivity index (χ0v) is 15.3. The topological polar surface area (TPSA) is 80.0 Å². The van der Waals surface area contributed by atoms with Crippen LogP contribution in [0.5, 0.6) is 0 Å². The van der Waals surface area contributed by atoms with Gasteiger partial charge < -0.3 is 15.2 Å². The predicted octanol–water partition coefficient (Wildman–Crippen LogP) is 4.67. The first kappa shape index (κ1) is 17.7. The predicted molar refractivity (Wildman–Crippen MR) is 102 cm³/mol. The molecule has 0 aliphatic carbocycles. The third-order valence-corrected chi connectivity index (χ3v) is 3.88. The van der Waals surface area contributed by atoms with Gasteiger partial charge in [0.15, 0.2) is 5.82 Å². The molecule has 0 saturated carbocycles. The van der Waals surface area contributed by atoms with Gasteiger partial charge in [-0.25, -0.2) is 0 Å². The summed E-state index contributed by atoms with van der Waals surface area (Å²) in [4.78, 5) is 16.6. The Balaban J connectivity index is 1.81. The van der Waals surface area contributed by atoms with E-state index in [1.54, 1.807) is 25.3 Å². The molecule has 6 heteroatoms. The Morgan fingerprint density at radius 2 is 1.88 bits per heavy atom. The van der Waals surface area contributed by atoms with Gasteiger partial charge >= 0.3 is 0 Å². The van der Waals surface area contributed by atoms with Crippen molar-refractivity contribution in [3.05, 3.63) is 65.7 Å². The Labute approximate surface area is 152 Å². The SMILES string of the molecule is Cc1cc(NC(=O)c2cncc(Nc3ccccc3C(C)(C)C)c2)no1. The first-order valence-corrected chi connectivity index (χ1v) is 8.39. The molecule has 1 amide bonds. The number of nitrogens with one attached hydrogen (secondary N) is 2. The lowest BCUT2D eigenvalue weighted by Gasteiger charge is -2.23. The number of para-hydroxylation sites is 1. The molecule has 0 atom stereocenters. The molecule has 0 aliphatic rings. The van der Waals surface area contributed by atoms with Crippen LogP contribution in [0.1, 0.15) is 42.5 Å². The lowest BCUT2D eigenvalue weighted by Crippen LogP contribution is -2.14. The van der Waals surface area contributed by atoms with E-state index >= 15 is 0 Å². The fourth-order valence-corrected chi connectivity index (χ4v) is 2.65. The minimum atomic E-state index is -0.293. The van der Waals surface area contributed by atoms with Crippen molar-refractivity contribution in [2.75, 3.05) is 10.6 Å². The van der Waals surface area contributed by atoms with E-state index in [0.29, 0.717) is 17.1 Å². The van der Waals surface area contributed by atoms with Gasteiger partial charge in [0.05, 0.1) is 17.4 Å². The van der Waals surface area contributed by atoms with E-state index in [9.17, 15) is 4.79 Å². The summed E-state index contributed by atoms with van der Waals surface area (Å²) in [6.45, 7) is 8.25. The summed E-state index contributed by atoms with van der Waals surface area (Å²) in [7, 11) is 0. The summed E-state index contributed by atoms with van der Waals surface area (Å²) in [5.74, 6) is 0.718. The van der Waals surface area contributed by atoms with Crippen LogP contribution in [0.4, 0.5) is 17.2 Å². The molecule has 0 fully saturated rings. The molecule has 1 aromatic carbocycles. The maximum atomic E-state index is 12.4. The van der Waals surface area contributed by atoms with E-state index in [-0.39, 0.29) is 11.3 Å². The van der Waals surface area contributed by atoms with Crippen molar-refractivity contribution in [2.45, 2.75) is 33.1 Å². The van der Waals surface area contributed by atoms with Gasteiger partial charge in [-0.3, -0.25) is 9.78 Å². The second kappa shape index (κ2) is 7.00. The lowest BCUT2D eigenvalue weighted by molar-refractivity contribution is 0.102. The van der Waals surface area contributed by atoms with Crippen LogP contribution >= 0.6 is 0 Å². The molecule has 3 aromatic rings. The Hall–Kier alpha value is -3.15. The van der Waals surface area contributed by atoms with Gasteiger partial charge in [-0.15, -0.1) is 0 Å². The Morgan fingerprint density at radius 3 is 2.58 bits per heavy atom. The molecule has 3 rings (SSSR count). The van der Waals surface area contributed by atoms with Crippen LogP contribution < -0.4 is 10.6 Å². The van der Waals surface area contributed by atoms with Gasteiger partial charge in [-0.1, -0.05) is 44.1 Å². The highest BCUT2D eigenvalue weighted by Gasteiger charge is 2.18. The van der Waals surface area contributed by atoms with Crippen LogP contribution in [0.3, 0.4) is 0 Å². The van der Waals surface area contributed by atoms with Crippen molar-refractivity contribution in [3.8, 4) is 0 Å². The largest absolute Gasteiger partial charge is 0.360 e. The molecule has 2 heterocycles. The van der Waals surface area contributed by atoms with E-state index in [4.69, 9.17) is 4.52 Å². The Morgan fingerprint density at radius 1 is 1.12 bits per heavy atom. The third-order valence-electron chi connectivity index (χ3n) is 3.88. The van der Waals surface area contributed by atoms with E-state index in [0.717, 1.165) is 11.4 Å². The summed E-state index contributed by atoms with van der Waals surface area (Å²) < 4.78 is 4.96. The maximum absolute atomic E-state index is 12.4. The Kier molecular flexibility index (Phi) is 4.75. The van der Waals surface area contributed by atoms with E-state index in [1.807, 2.05) is 18.2 Å². The van der Waals surface area contributed by atoms with Gasteiger partial charge in [0.2, 0.25) is 0 Å². The standard InChI is InChI=1S/C20H22N4O2/c1-13-9-18(24-26-13)23-19(25)14-10-15(12-21-11-14)22-17-8-6-5-7-16(17)20(2,3)4/h5-12,22H,1-4H3,(H,23,24,25). The molecular formula is C20H22N4O2. The first-order valence-electron chi connectivity index (χ1n) is 8.39.